The first kappa shape index (κ1) is 19.0. The van der Waals surface area contributed by atoms with Crippen LogP contribution in [0.1, 0.15) is 61.6 Å². The van der Waals surface area contributed by atoms with Crippen LogP contribution in [0.25, 0.3) is 11.0 Å². The van der Waals surface area contributed by atoms with Crippen LogP contribution in [-0.4, -0.2) is 25.9 Å². The van der Waals surface area contributed by atoms with Crippen molar-refractivity contribution < 1.29 is 4.79 Å². The molecular formula is C22H26N4OS. The van der Waals surface area contributed by atoms with E-state index in [0.717, 1.165) is 21.6 Å². The SMILES string of the molecule is Cc1nc2c(cnn2C(C)C)cc1C(=O)Nc1ccccc1SC1CCCC1. The van der Waals surface area contributed by atoms with E-state index in [0.29, 0.717) is 16.5 Å². The molecule has 1 aliphatic rings. The van der Waals surface area contributed by atoms with Crippen LogP contribution in [0.15, 0.2) is 41.4 Å². The number of rotatable bonds is 5. The third-order valence-electron chi connectivity index (χ3n) is 5.22. The van der Waals surface area contributed by atoms with Gasteiger partial charge in [-0.1, -0.05) is 25.0 Å². The number of carbonyl (C=O) groups excluding carboxylic acids is 1. The summed E-state index contributed by atoms with van der Waals surface area (Å²) in [5.41, 5.74) is 3.01. The highest BCUT2D eigenvalue weighted by Gasteiger charge is 2.20. The number of benzene rings is 1. The number of pyridine rings is 1. The Hall–Kier alpha value is -2.34. The molecule has 28 heavy (non-hydrogen) atoms. The van der Waals surface area contributed by atoms with E-state index in [4.69, 9.17) is 0 Å². The number of hydrogen-bond acceptors (Lipinski definition) is 4. The largest absolute Gasteiger partial charge is 0.321 e. The predicted molar refractivity (Wildman–Crippen MR) is 115 cm³/mol. The van der Waals surface area contributed by atoms with Gasteiger partial charge < -0.3 is 5.32 Å². The summed E-state index contributed by atoms with van der Waals surface area (Å²) in [7, 11) is 0. The zero-order valence-corrected chi connectivity index (χ0v) is 17.4. The quantitative estimate of drug-likeness (QED) is 0.611. The van der Waals surface area contributed by atoms with Gasteiger partial charge in [0.25, 0.3) is 5.91 Å². The number of hydrogen-bond donors (Lipinski definition) is 1. The summed E-state index contributed by atoms with van der Waals surface area (Å²) in [4.78, 5) is 18.8. The molecule has 2 aromatic heterocycles. The fourth-order valence-electron chi connectivity index (χ4n) is 3.72. The van der Waals surface area contributed by atoms with Gasteiger partial charge in [0.15, 0.2) is 5.65 Å². The molecule has 1 saturated carbocycles. The molecule has 3 aromatic rings. The Morgan fingerprint density at radius 1 is 1.25 bits per heavy atom. The summed E-state index contributed by atoms with van der Waals surface area (Å²) in [5.74, 6) is -0.122. The summed E-state index contributed by atoms with van der Waals surface area (Å²) in [6.07, 6.45) is 6.91. The number of fused-ring (bicyclic) bond motifs is 1. The average molecular weight is 395 g/mol. The van der Waals surface area contributed by atoms with E-state index < -0.39 is 0 Å². The molecule has 5 nitrogen and oxygen atoms in total. The lowest BCUT2D eigenvalue weighted by molar-refractivity contribution is 0.102. The van der Waals surface area contributed by atoms with Crippen molar-refractivity contribution in [1.29, 1.82) is 0 Å². The highest BCUT2D eigenvalue weighted by Crippen LogP contribution is 2.38. The zero-order chi connectivity index (χ0) is 19.7. The van der Waals surface area contributed by atoms with Gasteiger partial charge in [0, 0.05) is 21.6 Å². The molecule has 0 radical (unpaired) electrons. The molecule has 1 fully saturated rings. The van der Waals surface area contributed by atoms with Crippen molar-refractivity contribution in [2.24, 2.45) is 0 Å². The van der Waals surface area contributed by atoms with Gasteiger partial charge >= 0.3 is 0 Å². The number of thioether (sulfide) groups is 1. The molecule has 0 saturated heterocycles. The van der Waals surface area contributed by atoms with Gasteiger partial charge in [-0.15, -0.1) is 11.8 Å². The smallest absolute Gasteiger partial charge is 0.257 e. The Kier molecular flexibility index (Phi) is 5.40. The van der Waals surface area contributed by atoms with Crippen LogP contribution in [0, 0.1) is 6.92 Å². The summed E-state index contributed by atoms with van der Waals surface area (Å²) in [6.45, 7) is 6.03. The van der Waals surface area contributed by atoms with Gasteiger partial charge in [0.1, 0.15) is 0 Å². The first-order chi connectivity index (χ1) is 13.5. The number of carbonyl (C=O) groups is 1. The molecule has 0 bridgehead atoms. The van der Waals surface area contributed by atoms with E-state index in [1.165, 1.54) is 25.7 Å². The van der Waals surface area contributed by atoms with Crippen molar-refractivity contribution >= 4 is 34.4 Å². The number of para-hydroxylation sites is 1. The van der Waals surface area contributed by atoms with E-state index in [9.17, 15) is 4.79 Å². The molecule has 1 aliphatic carbocycles. The fraction of sp³-hybridized carbons (Fsp3) is 0.409. The van der Waals surface area contributed by atoms with Gasteiger partial charge in [-0.05, 0) is 51.8 Å². The second-order valence-electron chi connectivity index (χ2n) is 7.69. The van der Waals surface area contributed by atoms with Crippen molar-refractivity contribution in [3.63, 3.8) is 0 Å². The molecule has 0 unspecified atom stereocenters. The summed E-state index contributed by atoms with van der Waals surface area (Å²) in [6, 6.07) is 10.2. The molecule has 4 rings (SSSR count). The maximum Gasteiger partial charge on any atom is 0.257 e. The van der Waals surface area contributed by atoms with Crippen molar-refractivity contribution in [3.05, 3.63) is 47.8 Å². The van der Waals surface area contributed by atoms with E-state index in [1.807, 2.05) is 47.6 Å². The normalized spacial score (nSPS) is 14.9. The number of amides is 1. The molecule has 6 heteroatoms. The molecule has 0 atom stereocenters. The van der Waals surface area contributed by atoms with E-state index in [1.54, 1.807) is 6.20 Å². The Bertz CT molecular complexity index is 1000. The minimum Gasteiger partial charge on any atom is -0.321 e. The lowest BCUT2D eigenvalue weighted by atomic mass is 10.1. The maximum absolute atomic E-state index is 13.0. The molecule has 1 N–H and O–H groups in total. The molecule has 1 amide bonds. The van der Waals surface area contributed by atoms with Gasteiger partial charge in [-0.3, -0.25) is 4.79 Å². The topological polar surface area (TPSA) is 59.8 Å². The Labute approximate surface area is 169 Å². The third-order valence-corrected chi connectivity index (χ3v) is 6.64. The van der Waals surface area contributed by atoms with Crippen molar-refractivity contribution in [3.8, 4) is 0 Å². The highest BCUT2D eigenvalue weighted by molar-refractivity contribution is 8.00. The molecule has 0 aliphatic heterocycles. The number of nitrogens with one attached hydrogen (secondary N) is 1. The summed E-state index contributed by atoms with van der Waals surface area (Å²) >= 11 is 1.88. The van der Waals surface area contributed by atoms with Crippen LogP contribution in [0.3, 0.4) is 0 Å². The van der Waals surface area contributed by atoms with Crippen LogP contribution in [0.4, 0.5) is 5.69 Å². The maximum atomic E-state index is 13.0. The van der Waals surface area contributed by atoms with Crippen LogP contribution < -0.4 is 5.32 Å². The van der Waals surface area contributed by atoms with Crippen molar-refractivity contribution in [2.75, 3.05) is 5.32 Å². The first-order valence-corrected chi connectivity index (χ1v) is 10.8. The number of aromatic nitrogens is 3. The lowest BCUT2D eigenvalue weighted by Crippen LogP contribution is -2.15. The van der Waals surface area contributed by atoms with Gasteiger partial charge in [-0.2, -0.15) is 5.10 Å². The van der Waals surface area contributed by atoms with E-state index in [2.05, 4.69) is 35.3 Å². The van der Waals surface area contributed by atoms with Gasteiger partial charge in [0.05, 0.1) is 23.1 Å². The zero-order valence-electron chi connectivity index (χ0n) is 16.6. The van der Waals surface area contributed by atoms with Crippen LogP contribution in [-0.2, 0) is 0 Å². The highest BCUT2D eigenvalue weighted by atomic mass is 32.2. The predicted octanol–water partition coefficient (Wildman–Crippen LogP) is 5.61. The molecule has 0 spiro atoms. The Balaban J connectivity index is 1.59. The minimum absolute atomic E-state index is 0.122. The average Bonchev–Trinajstić information content (AvgIpc) is 3.32. The first-order valence-electron chi connectivity index (χ1n) is 9.95. The minimum atomic E-state index is -0.122. The van der Waals surface area contributed by atoms with E-state index in [-0.39, 0.29) is 11.9 Å². The Morgan fingerprint density at radius 2 is 2.00 bits per heavy atom. The summed E-state index contributed by atoms with van der Waals surface area (Å²) < 4.78 is 1.89. The molecule has 146 valence electrons. The van der Waals surface area contributed by atoms with Crippen LogP contribution >= 0.6 is 11.8 Å². The van der Waals surface area contributed by atoms with Crippen LogP contribution in [0.5, 0.6) is 0 Å². The Morgan fingerprint density at radius 3 is 2.75 bits per heavy atom. The monoisotopic (exact) mass is 394 g/mol. The molecule has 1 aromatic carbocycles. The number of anilines is 1. The van der Waals surface area contributed by atoms with Gasteiger partial charge in [0.2, 0.25) is 0 Å². The number of nitrogens with zero attached hydrogens (tertiary/aromatic N) is 3. The lowest BCUT2D eigenvalue weighted by Gasteiger charge is -2.15. The second-order valence-corrected chi connectivity index (χ2v) is 9.03. The second kappa shape index (κ2) is 7.95. The fourth-order valence-corrected chi connectivity index (χ4v) is 5.05. The van der Waals surface area contributed by atoms with E-state index >= 15 is 0 Å². The van der Waals surface area contributed by atoms with Crippen molar-refractivity contribution in [2.45, 2.75) is 62.6 Å². The number of aryl methyl sites for hydroxylation is 1. The summed E-state index contributed by atoms with van der Waals surface area (Å²) in [5, 5.41) is 9.06. The van der Waals surface area contributed by atoms with Gasteiger partial charge in [-0.25, -0.2) is 9.67 Å². The van der Waals surface area contributed by atoms with Crippen molar-refractivity contribution in [1.82, 2.24) is 14.8 Å². The third kappa shape index (κ3) is 3.78. The molecular weight excluding hydrogens is 368 g/mol. The van der Waals surface area contributed by atoms with Crippen LogP contribution in [0.2, 0.25) is 0 Å². The standard InChI is InChI=1S/C22H26N4OS/c1-14(2)26-21-16(13-23-26)12-18(15(3)24-21)22(27)25-19-10-6-7-11-20(19)28-17-8-4-5-9-17/h6-7,10-14,17H,4-5,8-9H2,1-3H3,(H,25,27). The molecule has 2 heterocycles.